The standard InChI is InChI=1S/C38H36N4/c1-7-38(6)30-23-15-16-24-31(30)42-35-34(41(36(42)37(38,4)5)27-19-9-8-10-20-27)39-32(28-21-13-11-17-25(28)2)33(40-35)29-22-14-12-18-26(29)3/h7-24,36H,1H2,2-6H3. The molecule has 42 heavy (non-hydrogen) atoms. The lowest BCUT2D eigenvalue weighted by molar-refractivity contribution is 0.171. The van der Waals surface area contributed by atoms with Crippen LogP contribution in [0.5, 0.6) is 0 Å². The third-order valence-corrected chi connectivity index (χ3v) is 9.76. The van der Waals surface area contributed by atoms with Gasteiger partial charge in [-0.05, 0) is 48.7 Å². The number of nitrogens with zero attached hydrogens (tertiary/aromatic N) is 4. The lowest BCUT2D eigenvalue weighted by Crippen LogP contribution is -2.60. The number of benzene rings is 4. The number of allylic oxidation sites excluding steroid dienone is 1. The van der Waals surface area contributed by atoms with E-state index in [1.807, 2.05) is 0 Å². The monoisotopic (exact) mass is 548 g/mol. The summed E-state index contributed by atoms with van der Waals surface area (Å²) in [6, 6.07) is 36.3. The van der Waals surface area contributed by atoms with E-state index in [4.69, 9.17) is 9.97 Å². The number of anilines is 4. The van der Waals surface area contributed by atoms with Crippen molar-refractivity contribution in [2.24, 2.45) is 5.41 Å². The Morgan fingerprint density at radius 1 is 0.643 bits per heavy atom. The van der Waals surface area contributed by atoms with E-state index in [0.717, 1.165) is 45.5 Å². The van der Waals surface area contributed by atoms with E-state index in [0.29, 0.717) is 0 Å². The van der Waals surface area contributed by atoms with Crippen LogP contribution in [0.25, 0.3) is 22.5 Å². The Hall–Kier alpha value is -4.70. The van der Waals surface area contributed by atoms with Crippen LogP contribution in [0.2, 0.25) is 0 Å². The van der Waals surface area contributed by atoms with Crippen LogP contribution in [0.15, 0.2) is 116 Å². The maximum Gasteiger partial charge on any atom is 0.179 e. The van der Waals surface area contributed by atoms with E-state index < -0.39 is 0 Å². The van der Waals surface area contributed by atoms with Crippen molar-refractivity contribution < 1.29 is 0 Å². The molecule has 0 aliphatic carbocycles. The Labute approximate surface area is 249 Å². The maximum atomic E-state index is 5.60. The Morgan fingerprint density at radius 2 is 1.14 bits per heavy atom. The fraction of sp³-hybridized carbons (Fsp3) is 0.211. The van der Waals surface area contributed by atoms with Crippen LogP contribution in [0, 0.1) is 19.3 Å². The summed E-state index contributed by atoms with van der Waals surface area (Å²) >= 11 is 0. The van der Waals surface area contributed by atoms with E-state index in [1.54, 1.807) is 0 Å². The third kappa shape index (κ3) is 3.54. The molecule has 0 spiro atoms. The molecule has 4 aromatic carbocycles. The second kappa shape index (κ2) is 9.42. The molecule has 0 amide bonds. The summed E-state index contributed by atoms with van der Waals surface area (Å²) in [5.41, 5.74) is 9.29. The molecule has 0 fully saturated rings. The second-order valence-corrected chi connectivity index (χ2v) is 12.3. The first-order chi connectivity index (χ1) is 20.3. The van der Waals surface area contributed by atoms with Crippen LogP contribution in [0.4, 0.5) is 23.0 Å². The molecule has 0 radical (unpaired) electrons. The molecule has 208 valence electrons. The lowest BCUT2D eigenvalue weighted by atomic mass is 9.58. The van der Waals surface area contributed by atoms with Gasteiger partial charge in [0, 0.05) is 33.3 Å². The molecule has 5 aromatic rings. The summed E-state index contributed by atoms with van der Waals surface area (Å²) in [7, 11) is 0. The molecule has 4 nitrogen and oxygen atoms in total. The molecule has 2 aliphatic rings. The van der Waals surface area contributed by atoms with E-state index in [-0.39, 0.29) is 17.0 Å². The van der Waals surface area contributed by atoms with Crippen molar-refractivity contribution in [2.75, 3.05) is 9.80 Å². The third-order valence-electron chi connectivity index (χ3n) is 9.76. The van der Waals surface area contributed by atoms with E-state index in [9.17, 15) is 0 Å². The van der Waals surface area contributed by atoms with Crippen molar-refractivity contribution in [2.45, 2.75) is 46.2 Å². The molecule has 2 atom stereocenters. The van der Waals surface area contributed by atoms with Crippen molar-refractivity contribution >= 4 is 23.0 Å². The SMILES string of the molecule is C=CC1(C)c2ccccc2N2c3nc(-c4ccccc4C)c(-c4ccccc4C)nc3N(c3ccccc3)C2C1(C)C. The zero-order chi connectivity index (χ0) is 29.2. The van der Waals surface area contributed by atoms with Crippen LogP contribution in [0.1, 0.15) is 37.5 Å². The number of aryl methyl sites for hydroxylation is 2. The van der Waals surface area contributed by atoms with Gasteiger partial charge in [0.1, 0.15) is 6.17 Å². The summed E-state index contributed by atoms with van der Waals surface area (Å²) < 4.78 is 0. The van der Waals surface area contributed by atoms with Crippen LogP contribution < -0.4 is 9.80 Å². The lowest BCUT2D eigenvalue weighted by Gasteiger charge is -2.56. The predicted octanol–water partition coefficient (Wildman–Crippen LogP) is 9.53. The number of para-hydroxylation sites is 2. The Balaban J connectivity index is 1.61. The van der Waals surface area contributed by atoms with Crippen LogP contribution >= 0.6 is 0 Å². The van der Waals surface area contributed by atoms with Gasteiger partial charge in [0.2, 0.25) is 0 Å². The molecule has 7 rings (SSSR count). The number of hydrogen-bond acceptors (Lipinski definition) is 4. The number of hydrogen-bond donors (Lipinski definition) is 0. The van der Waals surface area contributed by atoms with Gasteiger partial charge < -0.3 is 9.80 Å². The fourth-order valence-corrected chi connectivity index (χ4v) is 7.00. The molecule has 4 heteroatoms. The van der Waals surface area contributed by atoms with Crippen LogP contribution in [0.3, 0.4) is 0 Å². The highest BCUT2D eigenvalue weighted by Crippen LogP contribution is 2.62. The highest BCUT2D eigenvalue weighted by molar-refractivity contribution is 5.92. The minimum Gasteiger partial charge on any atom is -0.301 e. The van der Waals surface area contributed by atoms with E-state index >= 15 is 0 Å². The Bertz CT molecular complexity index is 1840. The zero-order valence-electron chi connectivity index (χ0n) is 25.0. The molecule has 1 aromatic heterocycles. The summed E-state index contributed by atoms with van der Waals surface area (Å²) in [5, 5.41) is 0. The fourth-order valence-electron chi connectivity index (χ4n) is 7.00. The maximum absolute atomic E-state index is 5.60. The van der Waals surface area contributed by atoms with E-state index in [2.05, 4.69) is 160 Å². The first kappa shape index (κ1) is 26.2. The minimum atomic E-state index is -0.294. The smallest absolute Gasteiger partial charge is 0.179 e. The minimum absolute atomic E-state index is 0.0790. The summed E-state index contributed by atoms with van der Waals surface area (Å²) in [6.45, 7) is 15.7. The van der Waals surface area contributed by atoms with Gasteiger partial charge in [-0.25, -0.2) is 9.97 Å². The van der Waals surface area contributed by atoms with Crippen molar-refractivity contribution in [3.63, 3.8) is 0 Å². The first-order valence-corrected chi connectivity index (χ1v) is 14.7. The topological polar surface area (TPSA) is 32.3 Å². The second-order valence-electron chi connectivity index (χ2n) is 12.3. The molecule has 0 saturated heterocycles. The quantitative estimate of drug-likeness (QED) is 0.209. The number of aromatic nitrogens is 2. The van der Waals surface area contributed by atoms with Gasteiger partial charge in [0.25, 0.3) is 0 Å². The van der Waals surface area contributed by atoms with Gasteiger partial charge >= 0.3 is 0 Å². The Morgan fingerprint density at radius 3 is 1.71 bits per heavy atom. The van der Waals surface area contributed by atoms with Gasteiger partial charge in [-0.2, -0.15) is 0 Å². The number of rotatable bonds is 4. The Kier molecular flexibility index (Phi) is 5.88. The van der Waals surface area contributed by atoms with Crippen LogP contribution in [-0.4, -0.2) is 16.1 Å². The zero-order valence-corrected chi connectivity index (χ0v) is 25.0. The molecule has 3 heterocycles. The first-order valence-electron chi connectivity index (χ1n) is 14.7. The molecule has 0 bridgehead atoms. The van der Waals surface area contributed by atoms with Gasteiger partial charge in [0.15, 0.2) is 11.6 Å². The van der Waals surface area contributed by atoms with Gasteiger partial charge in [-0.3, -0.25) is 0 Å². The largest absolute Gasteiger partial charge is 0.301 e. The molecule has 2 unspecified atom stereocenters. The molecule has 0 saturated carbocycles. The molecular weight excluding hydrogens is 512 g/mol. The summed E-state index contributed by atoms with van der Waals surface area (Å²) in [5.74, 6) is 1.75. The summed E-state index contributed by atoms with van der Waals surface area (Å²) in [4.78, 5) is 16.0. The molecule has 0 N–H and O–H groups in total. The molecule has 2 aliphatic heterocycles. The van der Waals surface area contributed by atoms with E-state index in [1.165, 1.54) is 16.7 Å². The van der Waals surface area contributed by atoms with Crippen molar-refractivity contribution in [3.8, 4) is 22.5 Å². The van der Waals surface area contributed by atoms with Crippen molar-refractivity contribution in [1.82, 2.24) is 9.97 Å². The predicted molar refractivity (Wildman–Crippen MR) is 175 cm³/mol. The van der Waals surface area contributed by atoms with Gasteiger partial charge in [0.05, 0.1) is 11.4 Å². The molecular formula is C38H36N4. The normalized spacial score (nSPS) is 20.1. The average Bonchev–Trinajstić information content (AvgIpc) is 3.35. The van der Waals surface area contributed by atoms with Gasteiger partial charge in [-0.15, -0.1) is 6.58 Å². The average molecular weight is 549 g/mol. The van der Waals surface area contributed by atoms with Crippen LogP contribution in [-0.2, 0) is 5.41 Å². The van der Waals surface area contributed by atoms with Crippen molar-refractivity contribution in [1.29, 1.82) is 0 Å². The summed E-state index contributed by atoms with van der Waals surface area (Å²) in [6.07, 6.45) is 2.05. The van der Waals surface area contributed by atoms with Crippen molar-refractivity contribution in [3.05, 3.63) is 132 Å². The highest BCUT2D eigenvalue weighted by Gasteiger charge is 2.59. The highest BCUT2D eigenvalue weighted by atomic mass is 15.5. The number of fused-ring (bicyclic) bond motifs is 5. The van der Waals surface area contributed by atoms with Gasteiger partial charge in [-0.1, -0.05) is 112 Å².